The maximum absolute atomic E-state index is 12.8. The lowest BCUT2D eigenvalue weighted by Gasteiger charge is -2.25. The summed E-state index contributed by atoms with van der Waals surface area (Å²) >= 11 is 5.91. The Labute approximate surface area is 180 Å². The number of fused-ring (bicyclic) bond motifs is 1. The molecule has 2 aromatic carbocycles. The largest absolute Gasteiger partial charge is 0.478 e. The van der Waals surface area contributed by atoms with E-state index < -0.39 is 5.60 Å². The van der Waals surface area contributed by atoms with Crippen LogP contribution in [-0.2, 0) is 4.79 Å². The molecular weight excluding hydrogens is 398 g/mol. The maximum atomic E-state index is 12.8. The minimum atomic E-state index is -1.07. The molecule has 0 bridgehead atoms. The highest BCUT2D eigenvalue weighted by Crippen LogP contribution is 2.25. The summed E-state index contributed by atoms with van der Waals surface area (Å²) in [5.74, 6) is 0.327. The van der Waals surface area contributed by atoms with Crippen molar-refractivity contribution in [2.45, 2.75) is 26.4 Å². The van der Waals surface area contributed by atoms with Crippen LogP contribution in [0.2, 0.25) is 5.02 Å². The quantitative estimate of drug-likeness (QED) is 0.447. The zero-order valence-corrected chi connectivity index (χ0v) is 17.8. The van der Waals surface area contributed by atoms with E-state index in [1.165, 1.54) is 0 Å². The fourth-order valence-electron chi connectivity index (χ4n) is 3.10. The van der Waals surface area contributed by atoms with Crippen molar-refractivity contribution < 1.29 is 9.53 Å². The highest BCUT2D eigenvalue weighted by Gasteiger charge is 2.30. The lowest BCUT2D eigenvalue weighted by molar-refractivity contribution is -0.128. The molecule has 30 heavy (non-hydrogen) atoms. The molecular formula is C24H22ClN3O2. The number of aromatic nitrogens is 2. The minimum Gasteiger partial charge on any atom is -0.478 e. The number of imidazole rings is 1. The van der Waals surface area contributed by atoms with Gasteiger partial charge < -0.3 is 14.5 Å². The van der Waals surface area contributed by atoms with E-state index in [2.05, 4.69) is 5.32 Å². The molecule has 2 heterocycles. The molecule has 2 aromatic heterocycles. The molecule has 0 radical (unpaired) electrons. The van der Waals surface area contributed by atoms with Crippen LogP contribution in [-0.4, -0.2) is 20.9 Å². The van der Waals surface area contributed by atoms with Gasteiger partial charge in [0.1, 0.15) is 11.4 Å². The molecule has 0 spiro atoms. The molecule has 1 N–H and O–H groups in total. The van der Waals surface area contributed by atoms with E-state index in [4.69, 9.17) is 21.3 Å². The predicted octanol–water partition coefficient (Wildman–Crippen LogP) is 5.76. The molecule has 0 aliphatic heterocycles. The maximum Gasteiger partial charge on any atom is 0.267 e. The van der Waals surface area contributed by atoms with E-state index in [1.54, 1.807) is 38.1 Å². The standard InChI is InChI=1S/C24H22ClN3O2/c1-16-11-12-28-15-21(27-22(28)13-16)17-5-4-6-19(14-17)26-23(29)24(2,3)30-20-9-7-18(25)8-10-20/h4-15H,1-3H3,(H,26,29). The molecule has 152 valence electrons. The number of hydrogen-bond acceptors (Lipinski definition) is 3. The highest BCUT2D eigenvalue weighted by molar-refractivity contribution is 6.30. The Morgan fingerprint density at radius 3 is 2.63 bits per heavy atom. The van der Waals surface area contributed by atoms with Gasteiger partial charge in [0, 0.05) is 28.7 Å². The Kier molecular flexibility index (Phi) is 5.22. The molecule has 0 aliphatic rings. The number of halogens is 1. The summed E-state index contributed by atoms with van der Waals surface area (Å²) in [6.45, 7) is 5.49. The SMILES string of the molecule is Cc1ccn2cc(-c3cccc(NC(=O)C(C)(C)Oc4ccc(Cl)cc4)c3)nc2c1. The van der Waals surface area contributed by atoms with Gasteiger partial charge in [-0.15, -0.1) is 0 Å². The number of amides is 1. The molecule has 4 aromatic rings. The van der Waals surface area contributed by atoms with E-state index in [1.807, 2.05) is 60.1 Å². The van der Waals surface area contributed by atoms with E-state index in [-0.39, 0.29) is 5.91 Å². The second-order valence-electron chi connectivity index (χ2n) is 7.70. The van der Waals surface area contributed by atoms with Crippen LogP contribution in [0.4, 0.5) is 5.69 Å². The van der Waals surface area contributed by atoms with Gasteiger partial charge in [-0.05, 0) is 74.9 Å². The third kappa shape index (κ3) is 4.31. The number of carbonyl (C=O) groups excluding carboxylic acids is 1. The molecule has 6 heteroatoms. The van der Waals surface area contributed by atoms with Crippen LogP contribution in [0.3, 0.4) is 0 Å². The van der Waals surface area contributed by atoms with Crippen LogP contribution in [0.1, 0.15) is 19.4 Å². The van der Waals surface area contributed by atoms with Crippen molar-refractivity contribution >= 4 is 28.8 Å². The van der Waals surface area contributed by atoms with Crippen LogP contribution in [0.5, 0.6) is 5.75 Å². The fourth-order valence-corrected chi connectivity index (χ4v) is 3.23. The van der Waals surface area contributed by atoms with Gasteiger partial charge >= 0.3 is 0 Å². The summed E-state index contributed by atoms with van der Waals surface area (Å²) in [4.78, 5) is 17.5. The summed E-state index contributed by atoms with van der Waals surface area (Å²) in [7, 11) is 0. The van der Waals surface area contributed by atoms with Gasteiger partial charge in [0.05, 0.1) is 5.69 Å². The van der Waals surface area contributed by atoms with Crippen molar-refractivity contribution in [3.05, 3.63) is 83.6 Å². The van der Waals surface area contributed by atoms with E-state index in [9.17, 15) is 4.79 Å². The molecule has 5 nitrogen and oxygen atoms in total. The van der Waals surface area contributed by atoms with E-state index in [0.29, 0.717) is 16.5 Å². The molecule has 0 saturated carbocycles. The van der Waals surface area contributed by atoms with Gasteiger partial charge in [0.15, 0.2) is 5.60 Å². The van der Waals surface area contributed by atoms with Crippen molar-refractivity contribution in [1.29, 1.82) is 0 Å². The first kappa shape index (κ1) is 20.0. The number of ether oxygens (including phenoxy) is 1. The van der Waals surface area contributed by atoms with Crippen LogP contribution >= 0.6 is 11.6 Å². The normalized spacial score (nSPS) is 11.5. The molecule has 0 saturated heterocycles. The van der Waals surface area contributed by atoms with Gasteiger partial charge in [-0.1, -0.05) is 23.7 Å². The molecule has 0 aliphatic carbocycles. The van der Waals surface area contributed by atoms with Crippen molar-refractivity contribution in [2.24, 2.45) is 0 Å². The lowest BCUT2D eigenvalue weighted by Crippen LogP contribution is -2.42. The molecule has 4 rings (SSSR count). The zero-order chi connectivity index (χ0) is 21.3. The Morgan fingerprint density at radius 1 is 1.10 bits per heavy atom. The van der Waals surface area contributed by atoms with Crippen LogP contribution < -0.4 is 10.1 Å². The number of benzene rings is 2. The zero-order valence-electron chi connectivity index (χ0n) is 17.0. The van der Waals surface area contributed by atoms with Gasteiger partial charge in [-0.3, -0.25) is 4.79 Å². The Bertz CT molecular complexity index is 1210. The summed E-state index contributed by atoms with van der Waals surface area (Å²) in [6.07, 6.45) is 3.96. The first-order valence-electron chi connectivity index (χ1n) is 9.62. The summed E-state index contributed by atoms with van der Waals surface area (Å²) < 4.78 is 7.85. The van der Waals surface area contributed by atoms with Gasteiger partial charge in [-0.25, -0.2) is 4.98 Å². The van der Waals surface area contributed by atoms with Gasteiger partial charge in [0.25, 0.3) is 5.91 Å². The van der Waals surface area contributed by atoms with E-state index >= 15 is 0 Å². The molecule has 1 amide bonds. The second-order valence-corrected chi connectivity index (χ2v) is 8.13. The van der Waals surface area contributed by atoms with Crippen molar-refractivity contribution in [3.8, 4) is 17.0 Å². The number of hydrogen-bond donors (Lipinski definition) is 1. The number of nitrogens with zero attached hydrogens (tertiary/aromatic N) is 2. The van der Waals surface area contributed by atoms with Gasteiger partial charge in [0.2, 0.25) is 0 Å². The molecule has 0 fully saturated rings. The smallest absolute Gasteiger partial charge is 0.267 e. The topological polar surface area (TPSA) is 55.6 Å². The van der Waals surface area contributed by atoms with Crippen LogP contribution in [0, 0.1) is 6.92 Å². The summed E-state index contributed by atoms with van der Waals surface area (Å²) in [5, 5.41) is 3.56. The Balaban J connectivity index is 1.53. The monoisotopic (exact) mass is 419 g/mol. The Hall–Kier alpha value is -3.31. The minimum absolute atomic E-state index is 0.250. The fraction of sp³-hybridized carbons (Fsp3) is 0.167. The van der Waals surface area contributed by atoms with Crippen molar-refractivity contribution in [3.63, 3.8) is 0 Å². The number of rotatable bonds is 5. The van der Waals surface area contributed by atoms with Crippen LogP contribution in [0.15, 0.2) is 73.1 Å². The number of carbonyl (C=O) groups is 1. The molecule has 0 unspecified atom stereocenters. The lowest BCUT2D eigenvalue weighted by atomic mass is 10.1. The third-order valence-corrected chi connectivity index (χ3v) is 5.02. The summed E-state index contributed by atoms with van der Waals surface area (Å²) in [6, 6.07) is 18.6. The van der Waals surface area contributed by atoms with Crippen molar-refractivity contribution in [2.75, 3.05) is 5.32 Å². The summed E-state index contributed by atoms with van der Waals surface area (Å²) in [5.41, 5.74) is 3.42. The highest BCUT2D eigenvalue weighted by atomic mass is 35.5. The van der Waals surface area contributed by atoms with Gasteiger partial charge in [-0.2, -0.15) is 0 Å². The third-order valence-electron chi connectivity index (χ3n) is 4.77. The van der Waals surface area contributed by atoms with Crippen molar-refractivity contribution in [1.82, 2.24) is 9.38 Å². The number of aryl methyl sites for hydroxylation is 1. The number of pyridine rings is 1. The predicted molar refractivity (Wildman–Crippen MR) is 120 cm³/mol. The van der Waals surface area contributed by atoms with E-state index in [0.717, 1.165) is 22.5 Å². The average molecular weight is 420 g/mol. The Morgan fingerprint density at radius 2 is 1.87 bits per heavy atom. The first-order chi connectivity index (χ1) is 14.3. The van der Waals surface area contributed by atoms with Crippen LogP contribution in [0.25, 0.3) is 16.9 Å². The molecule has 0 atom stereocenters. The second kappa shape index (κ2) is 7.84. The average Bonchev–Trinajstić information content (AvgIpc) is 3.13. The first-order valence-corrected chi connectivity index (χ1v) is 10.00. The number of nitrogens with one attached hydrogen (secondary N) is 1. The number of anilines is 1.